The van der Waals surface area contributed by atoms with Crippen LogP contribution in [0.25, 0.3) is 0 Å². The summed E-state index contributed by atoms with van der Waals surface area (Å²) in [5.41, 5.74) is 1.38. The van der Waals surface area contributed by atoms with Crippen LogP contribution in [0.2, 0.25) is 5.02 Å². The van der Waals surface area contributed by atoms with E-state index in [0.717, 1.165) is 11.3 Å². The summed E-state index contributed by atoms with van der Waals surface area (Å²) in [6, 6.07) is 11.0. The maximum absolute atomic E-state index is 12.4. The molecule has 6 nitrogen and oxygen atoms in total. The van der Waals surface area contributed by atoms with Crippen LogP contribution in [-0.4, -0.2) is 20.9 Å². The molecule has 0 saturated carbocycles. The molecular formula is C16H15ClN2O4S. The SMILES string of the molecule is NS(=O)(=O)c1ccc(NC(=O)[C@@H]2COc3ccc(Cl)cc3C2)cc1. The highest BCUT2D eigenvalue weighted by atomic mass is 35.5. The third kappa shape index (κ3) is 3.69. The second kappa shape index (κ2) is 6.43. The molecule has 0 bridgehead atoms. The molecule has 2 aromatic carbocycles. The molecule has 8 heteroatoms. The molecule has 1 atom stereocenters. The lowest BCUT2D eigenvalue weighted by Crippen LogP contribution is -2.32. The van der Waals surface area contributed by atoms with Crippen molar-refractivity contribution in [2.24, 2.45) is 11.1 Å². The number of carbonyl (C=O) groups excluding carboxylic acids is 1. The van der Waals surface area contributed by atoms with Gasteiger partial charge >= 0.3 is 0 Å². The lowest BCUT2D eigenvalue weighted by Gasteiger charge is -2.24. The van der Waals surface area contributed by atoms with Gasteiger partial charge in [-0.1, -0.05) is 11.6 Å². The van der Waals surface area contributed by atoms with Gasteiger partial charge in [0.25, 0.3) is 0 Å². The monoisotopic (exact) mass is 366 g/mol. The van der Waals surface area contributed by atoms with Crippen LogP contribution >= 0.6 is 11.6 Å². The number of nitrogens with one attached hydrogen (secondary N) is 1. The van der Waals surface area contributed by atoms with Crippen LogP contribution in [0, 0.1) is 5.92 Å². The van der Waals surface area contributed by atoms with E-state index in [1.165, 1.54) is 24.3 Å². The van der Waals surface area contributed by atoms with E-state index in [1.807, 2.05) is 0 Å². The van der Waals surface area contributed by atoms with Gasteiger partial charge in [-0.05, 0) is 54.4 Å². The lowest BCUT2D eigenvalue weighted by molar-refractivity contribution is -0.121. The number of benzene rings is 2. The van der Waals surface area contributed by atoms with Crippen LogP contribution in [0.1, 0.15) is 5.56 Å². The minimum atomic E-state index is -3.75. The summed E-state index contributed by atoms with van der Waals surface area (Å²) in [4.78, 5) is 12.4. The Morgan fingerprint density at radius 2 is 1.92 bits per heavy atom. The molecule has 24 heavy (non-hydrogen) atoms. The number of carbonyl (C=O) groups is 1. The van der Waals surface area contributed by atoms with Gasteiger partial charge in [0.2, 0.25) is 15.9 Å². The number of anilines is 1. The number of hydrogen-bond acceptors (Lipinski definition) is 4. The van der Waals surface area contributed by atoms with E-state index in [-0.39, 0.29) is 23.3 Å². The molecule has 3 N–H and O–H groups in total. The molecule has 3 rings (SSSR count). The van der Waals surface area contributed by atoms with Crippen LogP contribution in [0.15, 0.2) is 47.4 Å². The fourth-order valence-corrected chi connectivity index (χ4v) is 3.21. The van der Waals surface area contributed by atoms with E-state index in [0.29, 0.717) is 17.1 Å². The highest BCUT2D eigenvalue weighted by Crippen LogP contribution is 2.30. The number of fused-ring (bicyclic) bond motifs is 1. The largest absolute Gasteiger partial charge is 0.492 e. The fraction of sp³-hybridized carbons (Fsp3) is 0.188. The van der Waals surface area contributed by atoms with Crippen molar-refractivity contribution in [3.8, 4) is 5.75 Å². The standard InChI is InChI=1S/C16H15ClN2O4S/c17-12-1-6-15-10(8-12)7-11(9-23-15)16(20)19-13-2-4-14(5-3-13)24(18,21)22/h1-6,8,11H,7,9H2,(H,19,20)(H2,18,21,22)/t11-/m0/s1. The van der Waals surface area contributed by atoms with Crippen molar-refractivity contribution >= 4 is 33.2 Å². The minimum Gasteiger partial charge on any atom is -0.492 e. The Balaban J connectivity index is 1.70. The predicted octanol–water partition coefficient (Wildman–Crippen LogP) is 2.18. The second-order valence-electron chi connectivity index (χ2n) is 5.52. The van der Waals surface area contributed by atoms with E-state index in [4.69, 9.17) is 21.5 Å². The van der Waals surface area contributed by atoms with Gasteiger partial charge in [0.1, 0.15) is 12.4 Å². The molecule has 126 valence electrons. The highest BCUT2D eigenvalue weighted by molar-refractivity contribution is 7.89. The first-order chi connectivity index (χ1) is 11.3. The molecule has 0 aliphatic carbocycles. The lowest BCUT2D eigenvalue weighted by atomic mass is 9.96. The number of rotatable bonds is 3. The van der Waals surface area contributed by atoms with Crippen LogP contribution in [-0.2, 0) is 21.2 Å². The van der Waals surface area contributed by atoms with Gasteiger partial charge in [-0.3, -0.25) is 4.79 Å². The molecular weight excluding hydrogens is 352 g/mol. The molecule has 1 amide bonds. The third-order valence-corrected chi connectivity index (χ3v) is 4.91. The van der Waals surface area contributed by atoms with Crippen molar-refractivity contribution in [3.63, 3.8) is 0 Å². The Kier molecular flexibility index (Phi) is 4.49. The van der Waals surface area contributed by atoms with Gasteiger partial charge in [-0.25, -0.2) is 13.6 Å². The van der Waals surface area contributed by atoms with Gasteiger partial charge in [-0.15, -0.1) is 0 Å². The summed E-state index contributed by atoms with van der Waals surface area (Å²) >= 11 is 5.97. The molecule has 0 fully saturated rings. The van der Waals surface area contributed by atoms with Crippen molar-refractivity contribution < 1.29 is 17.9 Å². The molecule has 1 heterocycles. The van der Waals surface area contributed by atoms with E-state index in [2.05, 4.69) is 5.32 Å². The molecule has 2 aromatic rings. The van der Waals surface area contributed by atoms with E-state index >= 15 is 0 Å². The summed E-state index contributed by atoms with van der Waals surface area (Å²) in [7, 11) is -3.75. The van der Waals surface area contributed by atoms with Gasteiger partial charge in [0.05, 0.1) is 10.8 Å². The number of sulfonamides is 1. The predicted molar refractivity (Wildman–Crippen MR) is 90.6 cm³/mol. The maximum atomic E-state index is 12.4. The minimum absolute atomic E-state index is 0.00920. The van der Waals surface area contributed by atoms with E-state index in [1.54, 1.807) is 18.2 Å². The van der Waals surface area contributed by atoms with Gasteiger partial charge in [0.15, 0.2) is 0 Å². The quantitative estimate of drug-likeness (QED) is 0.869. The van der Waals surface area contributed by atoms with Crippen LogP contribution in [0.4, 0.5) is 5.69 Å². The number of hydrogen-bond donors (Lipinski definition) is 2. The maximum Gasteiger partial charge on any atom is 0.238 e. The first kappa shape index (κ1) is 16.8. The number of halogens is 1. The zero-order valence-electron chi connectivity index (χ0n) is 12.5. The summed E-state index contributed by atoms with van der Waals surface area (Å²) < 4.78 is 28.0. The molecule has 0 radical (unpaired) electrons. The number of ether oxygens (including phenoxy) is 1. The van der Waals surface area contributed by atoms with Crippen LogP contribution in [0.3, 0.4) is 0 Å². The van der Waals surface area contributed by atoms with Crippen molar-refractivity contribution in [1.82, 2.24) is 0 Å². The third-order valence-electron chi connectivity index (χ3n) is 3.75. The summed E-state index contributed by atoms with van der Waals surface area (Å²) in [5, 5.41) is 8.38. The van der Waals surface area contributed by atoms with Gasteiger partial charge in [-0.2, -0.15) is 0 Å². The average molecular weight is 367 g/mol. The molecule has 0 saturated heterocycles. The smallest absolute Gasteiger partial charge is 0.238 e. The first-order valence-electron chi connectivity index (χ1n) is 7.18. The zero-order valence-corrected chi connectivity index (χ0v) is 14.1. The van der Waals surface area contributed by atoms with Gasteiger partial charge in [0, 0.05) is 10.7 Å². The van der Waals surface area contributed by atoms with Crippen molar-refractivity contribution in [3.05, 3.63) is 53.1 Å². The normalized spacial score (nSPS) is 16.8. The van der Waals surface area contributed by atoms with E-state index < -0.39 is 10.0 Å². The van der Waals surface area contributed by atoms with Crippen LogP contribution < -0.4 is 15.2 Å². The summed E-state index contributed by atoms with van der Waals surface area (Å²) in [6.07, 6.45) is 0.525. The number of amides is 1. The Labute approximate surface area is 144 Å². The molecule has 1 aliphatic rings. The molecule has 1 aliphatic heterocycles. The summed E-state index contributed by atoms with van der Waals surface area (Å²) in [5.74, 6) is 0.179. The fourth-order valence-electron chi connectivity index (χ4n) is 2.50. The second-order valence-corrected chi connectivity index (χ2v) is 7.52. The number of nitrogens with two attached hydrogens (primary N) is 1. The van der Waals surface area contributed by atoms with Crippen LogP contribution in [0.5, 0.6) is 5.75 Å². The Bertz CT molecular complexity index is 881. The average Bonchev–Trinajstić information content (AvgIpc) is 2.53. The van der Waals surface area contributed by atoms with Crippen molar-refractivity contribution in [2.45, 2.75) is 11.3 Å². The highest BCUT2D eigenvalue weighted by Gasteiger charge is 2.26. The van der Waals surface area contributed by atoms with E-state index in [9.17, 15) is 13.2 Å². The number of primary sulfonamides is 1. The molecule has 0 unspecified atom stereocenters. The van der Waals surface area contributed by atoms with Crippen molar-refractivity contribution in [2.75, 3.05) is 11.9 Å². The topological polar surface area (TPSA) is 98.5 Å². The van der Waals surface area contributed by atoms with Crippen molar-refractivity contribution in [1.29, 1.82) is 0 Å². The first-order valence-corrected chi connectivity index (χ1v) is 9.10. The molecule has 0 aromatic heterocycles. The Hall–Kier alpha value is -2.09. The Morgan fingerprint density at radius 3 is 2.58 bits per heavy atom. The molecule has 0 spiro atoms. The Morgan fingerprint density at radius 1 is 1.21 bits per heavy atom. The van der Waals surface area contributed by atoms with Gasteiger partial charge < -0.3 is 10.1 Å². The zero-order chi connectivity index (χ0) is 17.3. The summed E-state index contributed by atoms with van der Waals surface area (Å²) in [6.45, 7) is 0.274.